The minimum atomic E-state index is 0. The Morgan fingerprint density at radius 1 is 1.17 bits per heavy atom. The summed E-state index contributed by atoms with van der Waals surface area (Å²) in [6.45, 7) is 9.37. The van der Waals surface area contributed by atoms with Crippen molar-refractivity contribution >= 4 is 29.9 Å². The van der Waals surface area contributed by atoms with Gasteiger partial charge in [0.1, 0.15) is 5.75 Å². The Bertz CT molecular complexity index is 805. The molecule has 0 saturated heterocycles. The lowest BCUT2D eigenvalue weighted by atomic mass is 10.1. The molecule has 3 rings (SSSR count). The van der Waals surface area contributed by atoms with Crippen molar-refractivity contribution in [1.29, 1.82) is 0 Å². The van der Waals surface area contributed by atoms with Crippen molar-refractivity contribution in [2.75, 3.05) is 19.7 Å². The van der Waals surface area contributed by atoms with E-state index in [1.807, 2.05) is 12.4 Å². The molecule has 6 heteroatoms. The smallest absolute Gasteiger partial charge is 0.191 e. The average Bonchev–Trinajstić information content (AvgIpc) is 3.51. The number of rotatable bonds is 9. The molecule has 1 aromatic carbocycles. The van der Waals surface area contributed by atoms with Crippen LogP contribution in [0.3, 0.4) is 0 Å². The molecule has 0 radical (unpaired) electrons. The van der Waals surface area contributed by atoms with E-state index in [1.165, 1.54) is 29.5 Å². The summed E-state index contributed by atoms with van der Waals surface area (Å²) in [5.41, 5.74) is 4.89. The molecule has 29 heavy (non-hydrogen) atoms. The van der Waals surface area contributed by atoms with E-state index in [0.717, 1.165) is 49.3 Å². The van der Waals surface area contributed by atoms with Crippen LogP contribution in [0, 0.1) is 19.8 Å². The summed E-state index contributed by atoms with van der Waals surface area (Å²) in [5.74, 6) is 2.55. The minimum Gasteiger partial charge on any atom is -0.493 e. The zero-order valence-corrected chi connectivity index (χ0v) is 20.0. The fraction of sp³-hybridized carbons (Fsp3) is 0.478. The van der Waals surface area contributed by atoms with Crippen molar-refractivity contribution in [2.45, 2.75) is 46.6 Å². The maximum absolute atomic E-state index is 6.07. The summed E-state index contributed by atoms with van der Waals surface area (Å²) in [4.78, 5) is 8.93. The molecule has 0 bridgehead atoms. The molecular formula is C23H33IN4O. The van der Waals surface area contributed by atoms with Crippen LogP contribution < -0.4 is 15.4 Å². The number of hydrogen-bond donors (Lipinski definition) is 2. The zero-order chi connectivity index (χ0) is 19.8. The van der Waals surface area contributed by atoms with E-state index in [0.29, 0.717) is 6.54 Å². The predicted molar refractivity (Wildman–Crippen MR) is 130 cm³/mol. The molecular weight excluding hydrogens is 475 g/mol. The highest BCUT2D eigenvalue weighted by molar-refractivity contribution is 14.0. The van der Waals surface area contributed by atoms with Gasteiger partial charge in [0.05, 0.1) is 13.2 Å². The molecule has 1 fully saturated rings. The average molecular weight is 508 g/mol. The fourth-order valence-corrected chi connectivity index (χ4v) is 3.02. The van der Waals surface area contributed by atoms with E-state index in [1.54, 1.807) is 0 Å². The number of nitrogens with zero attached hydrogens (tertiary/aromatic N) is 2. The molecule has 2 aromatic rings. The molecule has 0 amide bonds. The first-order valence-corrected chi connectivity index (χ1v) is 10.3. The van der Waals surface area contributed by atoms with Gasteiger partial charge >= 0.3 is 0 Å². The quantitative estimate of drug-likeness (QED) is 0.300. The van der Waals surface area contributed by atoms with Gasteiger partial charge in [-0.15, -0.1) is 24.0 Å². The van der Waals surface area contributed by atoms with Gasteiger partial charge in [-0.1, -0.05) is 12.1 Å². The second kappa shape index (κ2) is 12.0. The summed E-state index contributed by atoms with van der Waals surface area (Å²) in [6.07, 6.45) is 7.30. The number of ether oxygens (including phenoxy) is 1. The van der Waals surface area contributed by atoms with Gasteiger partial charge in [-0.25, -0.2) is 4.99 Å². The number of aryl methyl sites for hydroxylation is 2. The summed E-state index contributed by atoms with van der Waals surface area (Å²) >= 11 is 0. The molecule has 0 unspecified atom stereocenters. The molecule has 1 heterocycles. The monoisotopic (exact) mass is 508 g/mol. The fourth-order valence-electron chi connectivity index (χ4n) is 3.02. The molecule has 0 spiro atoms. The number of nitrogens with one attached hydrogen (secondary N) is 2. The standard InChI is InChI=1S/C23H32N4O.HI/c1-4-25-23(26-12-10-20-9-11-24-14-18(20)3)27-15-21-8-5-17(2)13-22(21)28-16-19-6-7-19;/h5,8-9,11,13-14,19H,4,6-7,10,12,15-16H2,1-3H3,(H2,25,26,27);1H. The maximum atomic E-state index is 6.07. The molecule has 1 aliphatic rings. The third-order valence-electron chi connectivity index (χ3n) is 4.97. The minimum absolute atomic E-state index is 0. The van der Waals surface area contributed by atoms with Gasteiger partial charge in [-0.2, -0.15) is 0 Å². The number of aromatic nitrogens is 1. The molecule has 1 saturated carbocycles. The Morgan fingerprint density at radius 2 is 2.00 bits per heavy atom. The summed E-state index contributed by atoms with van der Waals surface area (Å²) < 4.78 is 6.07. The van der Waals surface area contributed by atoms with Crippen molar-refractivity contribution in [3.63, 3.8) is 0 Å². The van der Waals surface area contributed by atoms with Crippen molar-refractivity contribution in [2.24, 2.45) is 10.9 Å². The number of halogens is 1. The number of pyridine rings is 1. The van der Waals surface area contributed by atoms with E-state index in [9.17, 15) is 0 Å². The lowest BCUT2D eigenvalue weighted by molar-refractivity contribution is 0.296. The van der Waals surface area contributed by atoms with Crippen LogP contribution in [0.1, 0.15) is 42.0 Å². The van der Waals surface area contributed by atoms with E-state index < -0.39 is 0 Å². The van der Waals surface area contributed by atoms with Gasteiger partial charge in [0.2, 0.25) is 0 Å². The van der Waals surface area contributed by atoms with Gasteiger partial charge in [0.15, 0.2) is 5.96 Å². The van der Waals surface area contributed by atoms with Gasteiger partial charge < -0.3 is 15.4 Å². The van der Waals surface area contributed by atoms with Crippen molar-refractivity contribution in [1.82, 2.24) is 15.6 Å². The van der Waals surface area contributed by atoms with Crippen molar-refractivity contribution < 1.29 is 4.74 Å². The van der Waals surface area contributed by atoms with Crippen LogP contribution in [0.4, 0.5) is 0 Å². The first-order valence-electron chi connectivity index (χ1n) is 10.3. The van der Waals surface area contributed by atoms with Crippen LogP contribution in [0.15, 0.2) is 41.7 Å². The van der Waals surface area contributed by atoms with Crippen molar-refractivity contribution in [3.05, 3.63) is 58.9 Å². The Morgan fingerprint density at radius 3 is 2.72 bits per heavy atom. The second-order valence-electron chi connectivity index (χ2n) is 7.54. The van der Waals surface area contributed by atoms with Crippen molar-refractivity contribution in [3.8, 4) is 5.75 Å². The SMILES string of the molecule is CCNC(=NCc1ccc(C)cc1OCC1CC1)NCCc1ccncc1C.I. The van der Waals surface area contributed by atoms with E-state index in [2.05, 4.69) is 60.7 Å². The summed E-state index contributed by atoms with van der Waals surface area (Å²) in [5, 5.41) is 6.77. The lowest BCUT2D eigenvalue weighted by Gasteiger charge is -2.14. The molecule has 2 N–H and O–H groups in total. The largest absolute Gasteiger partial charge is 0.493 e. The van der Waals surface area contributed by atoms with Crippen LogP contribution >= 0.6 is 24.0 Å². The third-order valence-corrected chi connectivity index (χ3v) is 4.97. The Labute approximate surface area is 191 Å². The van der Waals surface area contributed by atoms with Crippen LogP contribution in [-0.4, -0.2) is 30.6 Å². The zero-order valence-electron chi connectivity index (χ0n) is 17.7. The number of aliphatic imine (C=N–C) groups is 1. The highest BCUT2D eigenvalue weighted by atomic mass is 127. The molecule has 0 aliphatic heterocycles. The van der Waals surface area contributed by atoms with E-state index in [-0.39, 0.29) is 24.0 Å². The van der Waals surface area contributed by atoms with Gasteiger partial charge in [0.25, 0.3) is 0 Å². The molecule has 0 atom stereocenters. The first-order chi connectivity index (χ1) is 13.7. The molecule has 158 valence electrons. The normalized spacial score (nSPS) is 13.6. The van der Waals surface area contributed by atoms with Crippen LogP contribution in [0.2, 0.25) is 0 Å². The lowest BCUT2D eigenvalue weighted by Crippen LogP contribution is -2.38. The first kappa shape index (κ1) is 23.4. The highest BCUT2D eigenvalue weighted by Crippen LogP contribution is 2.30. The van der Waals surface area contributed by atoms with Gasteiger partial charge in [-0.05, 0) is 74.8 Å². The number of benzene rings is 1. The van der Waals surface area contributed by atoms with Gasteiger partial charge in [-0.3, -0.25) is 4.98 Å². The van der Waals surface area contributed by atoms with Gasteiger partial charge in [0, 0.05) is 31.0 Å². The van der Waals surface area contributed by atoms with Crippen LogP contribution in [-0.2, 0) is 13.0 Å². The molecule has 5 nitrogen and oxygen atoms in total. The molecule has 1 aliphatic carbocycles. The van der Waals surface area contributed by atoms with E-state index in [4.69, 9.17) is 9.73 Å². The predicted octanol–water partition coefficient (Wildman–Crippen LogP) is 4.40. The summed E-state index contributed by atoms with van der Waals surface area (Å²) in [6, 6.07) is 8.46. The Kier molecular flexibility index (Phi) is 9.70. The topological polar surface area (TPSA) is 58.5 Å². The second-order valence-corrected chi connectivity index (χ2v) is 7.54. The van der Waals surface area contributed by atoms with Crippen LogP contribution in [0.5, 0.6) is 5.75 Å². The Balaban J connectivity index is 0.00000300. The summed E-state index contributed by atoms with van der Waals surface area (Å²) in [7, 11) is 0. The maximum Gasteiger partial charge on any atom is 0.191 e. The number of hydrogen-bond acceptors (Lipinski definition) is 3. The highest BCUT2D eigenvalue weighted by Gasteiger charge is 2.22. The molecule has 1 aromatic heterocycles. The van der Waals surface area contributed by atoms with E-state index >= 15 is 0 Å². The number of guanidine groups is 1. The Hall–Kier alpha value is -1.83. The van der Waals surface area contributed by atoms with Crippen LogP contribution in [0.25, 0.3) is 0 Å². The third kappa shape index (κ3) is 7.84.